The zero-order valence-corrected chi connectivity index (χ0v) is 14.3. The number of nitrogens with zero attached hydrogens (tertiary/aromatic N) is 1. The van der Waals surface area contributed by atoms with Crippen LogP contribution in [-0.4, -0.2) is 49.5 Å². The Labute approximate surface area is 128 Å². The summed E-state index contributed by atoms with van der Waals surface area (Å²) < 4.78 is 23.2. The first-order valence-corrected chi connectivity index (χ1v) is 9.78. The largest absolute Gasteiger partial charge is 0.325 e. The smallest absolute Gasteiger partial charge is 0.241 e. The van der Waals surface area contributed by atoms with E-state index < -0.39 is 9.84 Å². The first-order valence-electron chi connectivity index (χ1n) is 7.96. The fraction of sp³-hybridized carbons (Fsp3) is 0.933. The lowest BCUT2D eigenvalue weighted by atomic mass is 10.0. The second-order valence-electron chi connectivity index (χ2n) is 7.29. The van der Waals surface area contributed by atoms with Gasteiger partial charge >= 0.3 is 0 Å². The Bertz CT molecular complexity index is 487. The molecule has 3 atom stereocenters. The molecule has 2 aliphatic rings. The fourth-order valence-corrected chi connectivity index (χ4v) is 5.18. The van der Waals surface area contributed by atoms with Crippen LogP contribution in [0, 0.1) is 17.8 Å². The van der Waals surface area contributed by atoms with E-state index in [1.54, 1.807) is 0 Å². The minimum absolute atomic E-state index is 0.0493. The summed E-state index contributed by atoms with van der Waals surface area (Å²) in [5.74, 6) is 1.49. The third kappa shape index (κ3) is 3.97. The van der Waals surface area contributed by atoms with Crippen LogP contribution in [0.1, 0.15) is 40.5 Å². The average molecular weight is 316 g/mol. The number of hydrogen-bond donors (Lipinski definition) is 1. The third-order valence-corrected chi connectivity index (χ3v) is 6.28. The van der Waals surface area contributed by atoms with Crippen molar-refractivity contribution in [2.24, 2.45) is 17.8 Å². The molecule has 5 nitrogen and oxygen atoms in total. The number of hydrogen-bond acceptors (Lipinski definition) is 4. The van der Waals surface area contributed by atoms with Crippen LogP contribution in [-0.2, 0) is 14.6 Å². The van der Waals surface area contributed by atoms with Crippen molar-refractivity contribution in [2.45, 2.75) is 52.7 Å². The lowest BCUT2D eigenvalue weighted by Crippen LogP contribution is -2.41. The van der Waals surface area contributed by atoms with Crippen molar-refractivity contribution in [3.8, 4) is 0 Å². The summed E-state index contributed by atoms with van der Waals surface area (Å²) in [6.07, 6.45) is 1.65. The topological polar surface area (TPSA) is 66.5 Å². The molecule has 2 saturated heterocycles. The van der Waals surface area contributed by atoms with Gasteiger partial charge in [0.1, 0.15) is 0 Å². The molecule has 0 radical (unpaired) electrons. The van der Waals surface area contributed by atoms with Crippen LogP contribution in [0.25, 0.3) is 0 Å². The van der Waals surface area contributed by atoms with Crippen LogP contribution in [0.2, 0.25) is 0 Å². The molecular formula is C15H28N2O3S. The summed E-state index contributed by atoms with van der Waals surface area (Å²) in [6, 6.07) is -0.133. The molecule has 0 spiro atoms. The summed E-state index contributed by atoms with van der Waals surface area (Å²) in [5, 5.41) is 3.44. The number of rotatable bonds is 5. The highest BCUT2D eigenvalue weighted by Gasteiger charge is 2.42. The van der Waals surface area contributed by atoms with Crippen LogP contribution in [0.3, 0.4) is 0 Å². The van der Waals surface area contributed by atoms with Crippen LogP contribution < -0.4 is 5.32 Å². The molecule has 122 valence electrons. The van der Waals surface area contributed by atoms with Gasteiger partial charge in [-0.05, 0) is 30.6 Å². The summed E-state index contributed by atoms with van der Waals surface area (Å²) in [7, 11) is -2.88. The van der Waals surface area contributed by atoms with Crippen molar-refractivity contribution in [1.82, 2.24) is 10.2 Å². The van der Waals surface area contributed by atoms with E-state index in [1.165, 1.54) is 0 Å². The average Bonchev–Trinajstić information content (AvgIpc) is 2.82. The van der Waals surface area contributed by atoms with E-state index in [1.807, 2.05) is 18.7 Å². The second kappa shape index (κ2) is 6.24. The van der Waals surface area contributed by atoms with Gasteiger partial charge in [0.05, 0.1) is 23.7 Å². The minimum atomic E-state index is -2.88. The first-order chi connectivity index (χ1) is 9.69. The molecule has 0 bridgehead atoms. The molecule has 2 fully saturated rings. The van der Waals surface area contributed by atoms with Crippen molar-refractivity contribution in [2.75, 3.05) is 18.1 Å². The Morgan fingerprint density at radius 3 is 2.43 bits per heavy atom. The highest BCUT2D eigenvalue weighted by Crippen LogP contribution is 2.26. The number of carbonyl (C=O) groups is 1. The molecule has 0 saturated carbocycles. The standard InChI is InChI=1S/C15H28N2O3S/c1-10(2)7-13-16-14(11(3)4)15(18)17(13)8-12-5-6-21(19,20)9-12/h10-14,16H,5-9H2,1-4H3. The van der Waals surface area contributed by atoms with Crippen molar-refractivity contribution in [1.29, 1.82) is 0 Å². The lowest BCUT2D eigenvalue weighted by molar-refractivity contribution is -0.131. The van der Waals surface area contributed by atoms with Crippen LogP contribution in [0.15, 0.2) is 0 Å². The van der Waals surface area contributed by atoms with E-state index in [-0.39, 0.29) is 41.5 Å². The van der Waals surface area contributed by atoms with Crippen molar-refractivity contribution in [3.63, 3.8) is 0 Å². The first kappa shape index (κ1) is 16.7. The zero-order chi connectivity index (χ0) is 15.8. The maximum atomic E-state index is 12.6. The van der Waals surface area contributed by atoms with E-state index in [4.69, 9.17) is 0 Å². The summed E-state index contributed by atoms with van der Waals surface area (Å²) in [6.45, 7) is 8.96. The highest BCUT2D eigenvalue weighted by molar-refractivity contribution is 7.91. The Kier molecular flexibility index (Phi) is 4.98. The van der Waals surface area contributed by atoms with Gasteiger partial charge in [0.25, 0.3) is 0 Å². The van der Waals surface area contributed by atoms with Gasteiger partial charge in [-0.25, -0.2) is 8.42 Å². The molecule has 2 rings (SSSR count). The second-order valence-corrected chi connectivity index (χ2v) is 9.52. The maximum absolute atomic E-state index is 12.6. The highest BCUT2D eigenvalue weighted by atomic mass is 32.2. The predicted octanol–water partition coefficient (Wildman–Crippen LogP) is 1.25. The van der Waals surface area contributed by atoms with Gasteiger partial charge in [-0.2, -0.15) is 0 Å². The maximum Gasteiger partial charge on any atom is 0.241 e. The van der Waals surface area contributed by atoms with E-state index in [0.717, 1.165) is 6.42 Å². The summed E-state index contributed by atoms with van der Waals surface area (Å²) >= 11 is 0. The van der Waals surface area contributed by atoms with Crippen molar-refractivity contribution < 1.29 is 13.2 Å². The number of amides is 1. The number of sulfone groups is 1. The molecule has 3 unspecified atom stereocenters. The molecule has 1 N–H and O–H groups in total. The zero-order valence-electron chi connectivity index (χ0n) is 13.5. The quantitative estimate of drug-likeness (QED) is 0.829. The molecule has 6 heteroatoms. The van der Waals surface area contributed by atoms with Crippen LogP contribution >= 0.6 is 0 Å². The third-order valence-electron chi connectivity index (χ3n) is 4.44. The summed E-state index contributed by atoms with van der Waals surface area (Å²) in [5.41, 5.74) is 0. The normalized spacial score (nSPS) is 32.6. The molecule has 0 aromatic carbocycles. The van der Waals surface area contributed by atoms with Gasteiger partial charge in [0.2, 0.25) is 5.91 Å². The number of carbonyl (C=O) groups excluding carboxylic acids is 1. The Hall–Kier alpha value is -0.620. The summed E-state index contributed by atoms with van der Waals surface area (Å²) in [4.78, 5) is 14.5. The Morgan fingerprint density at radius 2 is 1.95 bits per heavy atom. The molecule has 0 aromatic heterocycles. The van der Waals surface area contributed by atoms with Gasteiger partial charge in [-0.15, -0.1) is 0 Å². The number of nitrogens with one attached hydrogen (secondary N) is 1. The lowest BCUT2D eigenvalue weighted by Gasteiger charge is -2.27. The fourth-order valence-electron chi connectivity index (χ4n) is 3.33. The van der Waals surface area contributed by atoms with Crippen LogP contribution in [0.5, 0.6) is 0 Å². The molecule has 0 aromatic rings. The van der Waals surface area contributed by atoms with Gasteiger partial charge in [-0.1, -0.05) is 27.7 Å². The van der Waals surface area contributed by atoms with Gasteiger partial charge in [0.15, 0.2) is 9.84 Å². The molecule has 0 aliphatic carbocycles. The van der Waals surface area contributed by atoms with Gasteiger partial charge in [0, 0.05) is 6.54 Å². The van der Waals surface area contributed by atoms with Crippen molar-refractivity contribution in [3.05, 3.63) is 0 Å². The Morgan fingerprint density at radius 1 is 1.29 bits per heavy atom. The van der Waals surface area contributed by atoms with E-state index in [9.17, 15) is 13.2 Å². The van der Waals surface area contributed by atoms with Gasteiger partial charge in [-0.3, -0.25) is 10.1 Å². The van der Waals surface area contributed by atoms with Crippen molar-refractivity contribution >= 4 is 15.7 Å². The molecule has 2 aliphatic heterocycles. The van der Waals surface area contributed by atoms with E-state index in [2.05, 4.69) is 19.2 Å². The molecule has 2 heterocycles. The monoisotopic (exact) mass is 316 g/mol. The molecule has 21 heavy (non-hydrogen) atoms. The Balaban J connectivity index is 2.08. The van der Waals surface area contributed by atoms with E-state index in [0.29, 0.717) is 18.9 Å². The van der Waals surface area contributed by atoms with Crippen LogP contribution in [0.4, 0.5) is 0 Å². The van der Waals surface area contributed by atoms with E-state index >= 15 is 0 Å². The SMILES string of the molecule is CC(C)CC1NC(C(C)C)C(=O)N1CC1CCS(=O)(=O)C1. The van der Waals surface area contributed by atoms with Gasteiger partial charge < -0.3 is 4.90 Å². The minimum Gasteiger partial charge on any atom is -0.325 e. The molecule has 1 amide bonds. The predicted molar refractivity (Wildman–Crippen MR) is 83.5 cm³/mol. The molecular weight excluding hydrogens is 288 g/mol.